The van der Waals surface area contributed by atoms with Crippen molar-refractivity contribution in [3.05, 3.63) is 157 Å². The Kier molecular flexibility index (Phi) is 17.5. The number of benzene rings is 6. The summed E-state index contributed by atoms with van der Waals surface area (Å²) in [5.74, 6) is 3.62. The van der Waals surface area contributed by atoms with Gasteiger partial charge in [0.15, 0.2) is 0 Å². The number of nitriles is 2. The van der Waals surface area contributed by atoms with Crippen molar-refractivity contribution < 1.29 is 18.9 Å². The number of ether oxygens (including phenoxy) is 4. The van der Waals surface area contributed by atoms with Gasteiger partial charge in [-0.25, -0.2) is 0 Å². The quantitative estimate of drug-likeness (QED) is 0.0536. The molecule has 0 radical (unpaired) electrons. The van der Waals surface area contributed by atoms with E-state index in [1.165, 1.54) is 62.5 Å². The van der Waals surface area contributed by atoms with Gasteiger partial charge in [0.1, 0.15) is 23.0 Å². The fourth-order valence-electron chi connectivity index (χ4n) is 7.03. The molecule has 0 aliphatic carbocycles. The van der Waals surface area contributed by atoms with Crippen LogP contribution in [0.5, 0.6) is 23.0 Å². The maximum absolute atomic E-state index is 8.99. The third kappa shape index (κ3) is 14.4. The van der Waals surface area contributed by atoms with E-state index < -0.39 is 0 Å². The Morgan fingerprint density at radius 3 is 0.633 bits per heavy atom. The molecule has 0 heterocycles. The molecule has 6 heteroatoms. The van der Waals surface area contributed by atoms with Crippen LogP contribution in [0.2, 0.25) is 0 Å². The molecular formula is C54H56N2O4. The van der Waals surface area contributed by atoms with Gasteiger partial charge in [-0.3, -0.25) is 0 Å². The van der Waals surface area contributed by atoms with Gasteiger partial charge >= 0.3 is 0 Å². The second-order valence-corrected chi connectivity index (χ2v) is 15.1. The molecule has 0 saturated heterocycles. The van der Waals surface area contributed by atoms with E-state index in [2.05, 4.69) is 84.9 Å². The van der Waals surface area contributed by atoms with Gasteiger partial charge in [0.25, 0.3) is 0 Å². The van der Waals surface area contributed by atoms with Crippen molar-refractivity contribution in [1.82, 2.24) is 0 Å². The summed E-state index contributed by atoms with van der Waals surface area (Å²) in [4.78, 5) is 0. The number of nitrogens with zero attached hydrogens (tertiary/aromatic N) is 2. The predicted molar refractivity (Wildman–Crippen MR) is 242 cm³/mol. The molecule has 0 aliphatic rings. The minimum atomic E-state index is 0.672. The minimum absolute atomic E-state index is 0.672. The first kappa shape index (κ1) is 43.1. The number of rotatable bonds is 25. The molecule has 6 rings (SSSR count). The maximum atomic E-state index is 8.99. The van der Waals surface area contributed by atoms with Crippen molar-refractivity contribution in [3.63, 3.8) is 0 Å². The van der Waals surface area contributed by atoms with Crippen molar-refractivity contribution >= 4 is 0 Å². The molecule has 0 atom stereocenters. The molecular weight excluding hydrogens is 741 g/mol. The van der Waals surface area contributed by atoms with Gasteiger partial charge in [-0.1, -0.05) is 124 Å². The van der Waals surface area contributed by atoms with Crippen LogP contribution in [-0.2, 0) is 0 Å². The standard InChI is InChI=1S/C54H56N2O4/c55-41-43-13-17-45(18-14-43)47-21-29-51(30-22-47)57-37-9-5-1-3-7-11-39-59-53-33-25-49(26-34-53)50-27-35-54(36-28-50)60-40-12-8-4-2-6-10-38-58-52-31-23-48(24-32-52)46-19-15-44(42-56)16-20-46/h13-36H,1-12,37-40H2. The molecule has 6 aromatic carbocycles. The normalized spacial score (nSPS) is 10.7. The lowest BCUT2D eigenvalue weighted by Crippen LogP contribution is -1.99. The molecule has 0 amide bonds. The van der Waals surface area contributed by atoms with E-state index in [1.54, 1.807) is 0 Å². The zero-order valence-corrected chi connectivity index (χ0v) is 34.7. The fraction of sp³-hybridized carbons (Fsp3) is 0.296. The summed E-state index contributed by atoms with van der Waals surface area (Å²) in [5.41, 5.74) is 8.11. The Morgan fingerprint density at radius 1 is 0.250 bits per heavy atom. The lowest BCUT2D eigenvalue weighted by atomic mass is 10.0. The summed E-state index contributed by atoms with van der Waals surface area (Å²) in [7, 11) is 0. The molecule has 0 spiro atoms. The third-order valence-electron chi connectivity index (χ3n) is 10.6. The van der Waals surface area contributed by atoms with Crippen molar-refractivity contribution in [1.29, 1.82) is 10.5 Å². The van der Waals surface area contributed by atoms with Crippen LogP contribution in [0.4, 0.5) is 0 Å². The molecule has 60 heavy (non-hydrogen) atoms. The van der Waals surface area contributed by atoms with E-state index in [0.717, 1.165) is 97.4 Å². The Bertz CT molecular complexity index is 2040. The molecule has 6 aromatic rings. The van der Waals surface area contributed by atoms with Crippen LogP contribution >= 0.6 is 0 Å². The molecule has 0 N–H and O–H groups in total. The summed E-state index contributed by atoms with van der Waals surface area (Å²) in [6.45, 7) is 2.94. The van der Waals surface area contributed by atoms with Crippen LogP contribution in [0.3, 0.4) is 0 Å². The Labute approximate surface area is 357 Å². The highest BCUT2D eigenvalue weighted by Gasteiger charge is 2.04. The molecule has 0 aliphatic heterocycles. The first-order chi connectivity index (χ1) is 29.7. The lowest BCUT2D eigenvalue weighted by Gasteiger charge is -2.09. The average molecular weight is 797 g/mol. The first-order valence-corrected chi connectivity index (χ1v) is 21.6. The summed E-state index contributed by atoms with van der Waals surface area (Å²) in [6.07, 6.45) is 13.7. The second kappa shape index (κ2) is 24.4. The van der Waals surface area contributed by atoms with E-state index in [-0.39, 0.29) is 0 Å². The molecule has 0 saturated carbocycles. The van der Waals surface area contributed by atoms with Crippen molar-refractivity contribution in [2.75, 3.05) is 26.4 Å². The van der Waals surface area contributed by atoms with Gasteiger partial charge in [0.05, 0.1) is 49.7 Å². The smallest absolute Gasteiger partial charge is 0.119 e. The van der Waals surface area contributed by atoms with E-state index in [0.29, 0.717) is 11.1 Å². The van der Waals surface area contributed by atoms with Crippen LogP contribution in [0.25, 0.3) is 33.4 Å². The van der Waals surface area contributed by atoms with Crippen LogP contribution in [-0.4, -0.2) is 26.4 Å². The molecule has 0 bridgehead atoms. The van der Waals surface area contributed by atoms with Crippen molar-refractivity contribution in [2.24, 2.45) is 0 Å². The van der Waals surface area contributed by atoms with Crippen LogP contribution in [0, 0.1) is 22.7 Å². The van der Waals surface area contributed by atoms with E-state index in [1.807, 2.05) is 72.8 Å². The lowest BCUT2D eigenvalue weighted by molar-refractivity contribution is 0.297. The summed E-state index contributed by atoms with van der Waals surface area (Å²) in [5, 5.41) is 18.0. The molecule has 6 nitrogen and oxygen atoms in total. The highest BCUT2D eigenvalue weighted by Crippen LogP contribution is 2.27. The van der Waals surface area contributed by atoms with Gasteiger partial charge in [-0.15, -0.1) is 0 Å². The Hall–Kier alpha value is -6.50. The summed E-state index contributed by atoms with van der Waals surface area (Å²) in [6, 6.07) is 52.7. The summed E-state index contributed by atoms with van der Waals surface area (Å²) >= 11 is 0. The largest absolute Gasteiger partial charge is 0.494 e. The van der Waals surface area contributed by atoms with Crippen LogP contribution < -0.4 is 18.9 Å². The van der Waals surface area contributed by atoms with Gasteiger partial charge in [-0.05, 0) is 132 Å². The number of hydrogen-bond donors (Lipinski definition) is 0. The topological polar surface area (TPSA) is 84.5 Å². The van der Waals surface area contributed by atoms with Gasteiger partial charge in [0.2, 0.25) is 0 Å². The van der Waals surface area contributed by atoms with E-state index in [9.17, 15) is 0 Å². The molecule has 0 fully saturated rings. The Morgan fingerprint density at radius 2 is 0.433 bits per heavy atom. The number of unbranched alkanes of at least 4 members (excludes halogenated alkanes) is 10. The van der Waals surface area contributed by atoms with E-state index in [4.69, 9.17) is 29.5 Å². The molecule has 0 aromatic heterocycles. The monoisotopic (exact) mass is 796 g/mol. The van der Waals surface area contributed by atoms with Crippen molar-refractivity contribution in [2.45, 2.75) is 77.0 Å². The zero-order chi connectivity index (χ0) is 41.5. The van der Waals surface area contributed by atoms with Gasteiger partial charge in [0, 0.05) is 0 Å². The maximum Gasteiger partial charge on any atom is 0.119 e. The zero-order valence-electron chi connectivity index (χ0n) is 34.7. The third-order valence-corrected chi connectivity index (χ3v) is 10.6. The highest BCUT2D eigenvalue weighted by atomic mass is 16.5. The molecule has 306 valence electrons. The number of hydrogen-bond acceptors (Lipinski definition) is 6. The highest BCUT2D eigenvalue weighted by molar-refractivity contribution is 5.66. The average Bonchev–Trinajstić information content (AvgIpc) is 3.31. The van der Waals surface area contributed by atoms with E-state index >= 15 is 0 Å². The van der Waals surface area contributed by atoms with Gasteiger partial charge in [-0.2, -0.15) is 10.5 Å². The molecule has 0 unspecified atom stereocenters. The van der Waals surface area contributed by atoms with Crippen molar-refractivity contribution in [3.8, 4) is 68.5 Å². The van der Waals surface area contributed by atoms with Crippen LogP contribution in [0.15, 0.2) is 146 Å². The van der Waals surface area contributed by atoms with Gasteiger partial charge < -0.3 is 18.9 Å². The fourth-order valence-corrected chi connectivity index (χ4v) is 7.03. The Balaban J connectivity index is 0.735. The second-order valence-electron chi connectivity index (χ2n) is 15.1. The first-order valence-electron chi connectivity index (χ1n) is 21.6. The van der Waals surface area contributed by atoms with Crippen LogP contribution in [0.1, 0.15) is 88.2 Å². The summed E-state index contributed by atoms with van der Waals surface area (Å²) < 4.78 is 24.0. The predicted octanol–water partition coefficient (Wildman–Crippen LogP) is 14.0. The SMILES string of the molecule is N#Cc1ccc(-c2ccc(OCCCCCCCCOc3ccc(-c4ccc(OCCCCCCCCOc5ccc(-c6ccc(C#N)cc6)cc5)cc4)cc3)cc2)cc1. The minimum Gasteiger partial charge on any atom is -0.494 e.